The van der Waals surface area contributed by atoms with Gasteiger partial charge in [-0.25, -0.2) is 13.1 Å². The second-order valence-corrected chi connectivity index (χ2v) is 17.7. The van der Waals surface area contributed by atoms with Gasteiger partial charge in [-0.15, -0.1) is 0 Å². The standard InChI is InChI=1S/C46H51ClN6O8S/c1-50(2)25-28-60-44-10-6-9-39(34-11-13-35(47)14-12-34)41(44)32-51-21-23-52(24-22-51)36-15-17-40(45(29-36)61-37-7-4-3-5-8-37)46(54)49-62(57,58)38-16-18-42(43(30-38)53(55)56)48-31-33-19-26-59-27-20-33/h3-18,29-30,33,48H,19-28,31-32H2,1-2H3,(H,49,54). The van der Waals surface area contributed by atoms with Crippen LogP contribution in [0.2, 0.25) is 5.02 Å². The summed E-state index contributed by atoms with van der Waals surface area (Å²) in [5, 5.41) is 15.8. The zero-order valence-corrected chi connectivity index (χ0v) is 36.4. The number of nitrogens with zero attached hydrogens (tertiary/aromatic N) is 4. The Balaban J connectivity index is 1.07. The van der Waals surface area contributed by atoms with Crippen molar-refractivity contribution in [1.29, 1.82) is 0 Å². The first-order valence-corrected chi connectivity index (χ1v) is 22.5. The normalized spacial score (nSPS) is 15.0. The highest BCUT2D eigenvalue weighted by atomic mass is 35.5. The van der Waals surface area contributed by atoms with Crippen LogP contribution in [-0.4, -0.2) is 102 Å². The summed E-state index contributed by atoms with van der Waals surface area (Å²) in [6, 6.07) is 31.5. The van der Waals surface area contributed by atoms with E-state index in [9.17, 15) is 23.3 Å². The molecule has 0 saturated carbocycles. The molecule has 1 amide bonds. The second-order valence-electron chi connectivity index (χ2n) is 15.6. The van der Waals surface area contributed by atoms with E-state index in [1.807, 2.05) is 56.6 Å². The third-order valence-corrected chi connectivity index (χ3v) is 12.6. The van der Waals surface area contributed by atoms with E-state index in [0.717, 1.165) is 66.7 Å². The van der Waals surface area contributed by atoms with E-state index >= 15 is 0 Å². The molecule has 2 N–H and O–H groups in total. The third-order valence-electron chi connectivity index (χ3n) is 11.0. The maximum absolute atomic E-state index is 13.8. The maximum atomic E-state index is 13.8. The quantitative estimate of drug-likeness (QED) is 0.0689. The largest absolute Gasteiger partial charge is 0.492 e. The highest BCUT2D eigenvalue weighted by Crippen LogP contribution is 2.35. The molecule has 0 aliphatic carbocycles. The smallest absolute Gasteiger partial charge is 0.293 e. The molecule has 5 aromatic rings. The Bertz CT molecular complexity index is 2440. The third kappa shape index (κ3) is 11.4. The first-order valence-electron chi connectivity index (χ1n) is 20.6. The minimum absolute atomic E-state index is 0.0235. The van der Waals surface area contributed by atoms with E-state index < -0.39 is 31.4 Å². The van der Waals surface area contributed by atoms with Crippen molar-refractivity contribution in [1.82, 2.24) is 14.5 Å². The van der Waals surface area contributed by atoms with E-state index in [4.69, 9.17) is 25.8 Å². The van der Waals surface area contributed by atoms with Gasteiger partial charge in [0.05, 0.1) is 15.4 Å². The summed E-state index contributed by atoms with van der Waals surface area (Å²) < 4.78 is 47.3. The molecule has 0 spiro atoms. The van der Waals surface area contributed by atoms with Crippen molar-refractivity contribution in [2.45, 2.75) is 24.3 Å². The van der Waals surface area contributed by atoms with Crippen molar-refractivity contribution in [2.24, 2.45) is 5.92 Å². The first kappa shape index (κ1) is 44.3. The van der Waals surface area contributed by atoms with Crippen LogP contribution in [-0.2, 0) is 21.3 Å². The minimum Gasteiger partial charge on any atom is -0.492 e. The van der Waals surface area contributed by atoms with E-state index in [0.29, 0.717) is 56.8 Å². The predicted molar refractivity (Wildman–Crippen MR) is 241 cm³/mol. The van der Waals surface area contributed by atoms with Crippen LogP contribution in [0.25, 0.3) is 11.1 Å². The van der Waals surface area contributed by atoms with Gasteiger partial charge >= 0.3 is 0 Å². The number of hydrogen-bond acceptors (Lipinski definition) is 12. The molecular weight excluding hydrogens is 832 g/mol. The number of nitrogens with one attached hydrogen (secondary N) is 2. The lowest BCUT2D eigenvalue weighted by Crippen LogP contribution is -2.46. The van der Waals surface area contributed by atoms with Crippen molar-refractivity contribution in [3.8, 4) is 28.4 Å². The number of ether oxygens (including phenoxy) is 3. The maximum Gasteiger partial charge on any atom is 0.293 e. The summed E-state index contributed by atoms with van der Waals surface area (Å²) in [6.07, 6.45) is 1.65. The molecule has 7 rings (SSSR count). The van der Waals surface area contributed by atoms with Crippen LogP contribution >= 0.6 is 11.6 Å². The zero-order chi connectivity index (χ0) is 43.6. The van der Waals surface area contributed by atoms with Gasteiger partial charge in [-0.1, -0.05) is 54.1 Å². The minimum atomic E-state index is -4.54. The molecule has 0 bridgehead atoms. The van der Waals surface area contributed by atoms with Gasteiger partial charge in [0.1, 0.15) is 29.5 Å². The molecule has 2 saturated heterocycles. The fourth-order valence-electron chi connectivity index (χ4n) is 7.50. The summed E-state index contributed by atoms with van der Waals surface area (Å²) in [4.78, 5) is 31.5. The van der Waals surface area contributed by atoms with Crippen molar-refractivity contribution >= 4 is 44.6 Å². The van der Waals surface area contributed by atoms with Crippen molar-refractivity contribution < 1.29 is 32.3 Å². The van der Waals surface area contributed by atoms with E-state index in [-0.39, 0.29) is 22.9 Å². The number of anilines is 2. The van der Waals surface area contributed by atoms with Crippen LogP contribution < -0.4 is 24.4 Å². The van der Waals surface area contributed by atoms with Gasteiger partial charge in [-0.05, 0) is 98.6 Å². The molecule has 2 aliphatic rings. The molecule has 14 nitrogen and oxygen atoms in total. The van der Waals surface area contributed by atoms with Gasteiger partial charge in [0.25, 0.3) is 21.6 Å². The number of hydrogen-bond donors (Lipinski definition) is 2. The Labute approximate surface area is 367 Å². The molecular formula is C46H51ClN6O8S. The van der Waals surface area contributed by atoms with Crippen molar-refractivity contribution in [3.05, 3.63) is 135 Å². The average molecular weight is 883 g/mol. The van der Waals surface area contributed by atoms with Crippen LogP contribution in [0.3, 0.4) is 0 Å². The summed E-state index contributed by atoms with van der Waals surface area (Å²) in [5.74, 6) is 0.775. The SMILES string of the molecule is CN(C)CCOc1cccc(-c2ccc(Cl)cc2)c1CN1CCN(c2ccc(C(=O)NS(=O)(=O)c3ccc(NCC4CCOCC4)c([N+](=O)[O-])c3)c(Oc3ccccc3)c2)CC1. The molecule has 0 unspecified atom stereocenters. The Morgan fingerprint density at radius 3 is 2.35 bits per heavy atom. The molecule has 2 aliphatic heterocycles. The number of nitro benzene ring substituents is 1. The van der Waals surface area contributed by atoms with E-state index in [1.54, 1.807) is 36.4 Å². The number of carbonyl (C=O) groups is 1. The summed E-state index contributed by atoms with van der Waals surface area (Å²) in [6.45, 7) is 6.54. The summed E-state index contributed by atoms with van der Waals surface area (Å²) in [7, 11) is -0.506. The van der Waals surface area contributed by atoms with Gasteiger partial charge in [-0.3, -0.25) is 19.8 Å². The fourth-order valence-corrected chi connectivity index (χ4v) is 8.62. The number of piperazine rings is 1. The predicted octanol–water partition coefficient (Wildman–Crippen LogP) is 7.93. The molecule has 0 atom stereocenters. The molecule has 16 heteroatoms. The molecule has 5 aromatic carbocycles. The fraction of sp³-hybridized carbons (Fsp3) is 0.326. The first-order chi connectivity index (χ1) is 29.9. The number of nitro groups is 1. The summed E-state index contributed by atoms with van der Waals surface area (Å²) in [5.41, 5.74) is 3.78. The molecule has 2 heterocycles. The number of likely N-dealkylation sites (N-methyl/N-ethyl adjacent to an activating group) is 1. The number of amides is 1. The van der Waals surface area contributed by atoms with Gasteiger partial charge < -0.3 is 29.3 Å². The Morgan fingerprint density at radius 2 is 1.65 bits per heavy atom. The van der Waals surface area contributed by atoms with Gasteiger partial charge in [0.15, 0.2) is 0 Å². The Kier molecular flexibility index (Phi) is 14.6. The lowest BCUT2D eigenvalue weighted by molar-refractivity contribution is -0.384. The zero-order valence-electron chi connectivity index (χ0n) is 34.8. The van der Waals surface area contributed by atoms with E-state index in [1.165, 1.54) is 18.2 Å². The molecule has 0 aromatic heterocycles. The van der Waals surface area contributed by atoms with Crippen molar-refractivity contribution in [3.63, 3.8) is 0 Å². The lowest BCUT2D eigenvalue weighted by atomic mass is 9.98. The second kappa shape index (κ2) is 20.4. The number of sulfonamides is 1. The average Bonchev–Trinajstić information content (AvgIpc) is 3.27. The number of benzene rings is 5. The number of halogens is 1. The van der Waals surface area contributed by atoms with Crippen LogP contribution in [0.4, 0.5) is 17.1 Å². The number of carbonyl (C=O) groups excluding carboxylic acids is 1. The van der Waals surface area contributed by atoms with E-state index in [2.05, 4.69) is 30.8 Å². The highest BCUT2D eigenvalue weighted by Gasteiger charge is 2.28. The molecule has 0 radical (unpaired) electrons. The van der Waals surface area contributed by atoms with Gasteiger partial charge in [0, 0.05) is 87.4 Å². The van der Waals surface area contributed by atoms with Crippen LogP contribution in [0, 0.1) is 16.0 Å². The Hall–Kier alpha value is -5.71. The van der Waals surface area contributed by atoms with Crippen LogP contribution in [0.15, 0.2) is 114 Å². The Morgan fingerprint density at radius 1 is 0.903 bits per heavy atom. The molecule has 326 valence electrons. The van der Waals surface area contributed by atoms with Crippen molar-refractivity contribution in [2.75, 3.05) is 83.4 Å². The number of rotatable bonds is 17. The molecule has 62 heavy (non-hydrogen) atoms. The van der Waals surface area contributed by atoms with Gasteiger partial charge in [0.2, 0.25) is 0 Å². The lowest BCUT2D eigenvalue weighted by Gasteiger charge is -2.37. The topological polar surface area (TPSA) is 156 Å². The molecule has 2 fully saturated rings. The summed E-state index contributed by atoms with van der Waals surface area (Å²) >= 11 is 6.24. The van der Waals surface area contributed by atoms with Gasteiger partial charge in [-0.2, -0.15) is 0 Å². The number of para-hydroxylation sites is 1. The highest BCUT2D eigenvalue weighted by molar-refractivity contribution is 7.90. The monoisotopic (exact) mass is 882 g/mol. The van der Waals surface area contributed by atoms with Crippen LogP contribution in [0.1, 0.15) is 28.8 Å². The van der Waals surface area contributed by atoms with Crippen LogP contribution in [0.5, 0.6) is 17.2 Å².